The molecule has 2 N–H and O–H groups in total. The number of halogens is 1. The Balaban J connectivity index is 2.02. The van der Waals surface area contributed by atoms with Crippen LogP contribution in [-0.2, 0) is 4.79 Å². The highest BCUT2D eigenvalue weighted by Gasteiger charge is 2.22. The van der Waals surface area contributed by atoms with Crippen molar-refractivity contribution >= 4 is 19.3 Å². The van der Waals surface area contributed by atoms with E-state index in [9.17, 15) is 9.18 Å². The van der Waals surface area contributed by atoms with E-state index in [-0.39, 0.29) is 11.7 Å². The van der Waals surface area contributed by atoms with Crippen molar-refractivity contribution in [2.24, 2.45) is 0 Å². The number of rotatable bonds is 3. The van der Waals surface area contributed by atoms with Crippen LogP contribution in [0.15, 0.2) is 18.2 Å². The predicted octanol–water partition coefficient (Wildman–Crippen LogP) is 1.13. The second-order valence-corrected chi connectivity index (χ2v) is 4.52. The Morgan fingerprint density at radius 2 is 2.12 bits per heavy atom. The molecule has 1 aromatic carbocycles. The molecule has 1 heterocycles. The van der Waals surface area contributed by atoms with Crippen LogP contribution < -0.4 is 5.73 Å². The van der Waals surface area contributed by atoms with Gasteiger partial charge in [0.05, 0.1) is 6.19 Å². The van der Waals surface area contributed by atoms with Gasteiger partial charge in [0.2, 0.25) is 0 Å². The SMILES string of the molecule is Nc1ccc(C2CCN(BC=O)CC2)c(F)c1. The van der Waals surface area contributed by atoms with Crippen molar-refractivity contribution < 1.29 is 9.18 Å². The molecule has 1 fully saturated rings. The highest BCUT2D eigenvalue weighted by atomic mass is 19.1. The normalized spacial score (nSPS) is 17.9. The van der Waals surface area contributed by atoms with E-state index in [2.05, 4.69) is 4.81 Å². The third-order valence-corrected chi connectivity index (χ3v) is 3.38. The number of nitrogens with zero attached hydrogens (tertiary/aromatic N) is 1. The fourth-order valence-corrected chi connectivity index (χ4v) is 2.41. The van der Waals surface area contributed by atoms with Crippen LogP contribution in [0.25, 0.3) is 0 Å². The Labute approximate surface area is 101 Å². The Kier molecular flexibility index (Phi) is 3.79. The number of hydrogen-bond donors (Lipinski definition) is 1. The van der Waals surface area contributed by atoms with E-state index in [1.54, 1.807) is 12.1 Å². The van der Waals surface area contributed by atoms with E-state index in [4.69, 9.17) is 5.73 Å². The highest BCUT2D eigenvalue weighted by molar-refractivity contribution is 6.64. The summed E-state index contributed by atoms with van der Waals surface area (Å²) in [5.41, 5.74) is 6.75. The average Bonchev–Trinajstić information content (AvgIpc) is 2.31. The standard InChI is InChI=1S/C12H16BFN2O/c14-12-7-10(15)1-2-11(12)9-3-5-16(6-4-9)13-8-17/h1-2,7-9,13H,3-6,15H2. The molecule has 5 heteroatoms. The lowest BCUT2D eigenvalue weighted by Gasteiger charge is -2.31. The molecule has 0 bridgehead atoms. The zero-order valence-electron chi connectivity index (χ0n) is 9.73. The Morgan fingerprint density at radius 3 is 2.71 bits per heavy atom. The van der Waals surface area contributed by atoms with Gasteiger partial charge in [0.25, 0.3) is 7.41 Å². The van der Waals surface area contributed by atoms with Crippen LogP contribution >= 0.6 is 0 Å². The van der Waals surface area contributed by atoms with Crippen LogP contribution in [0.1, 0.15) is 24.3 Å². The summed E-state index contributed by atoms with van der Waals surface area (Å²) in [5, 5.41) is 0. The second kappa shape index (κ2) is 5.32. The summed E-state index contributed by atoms with van der Waals surface area (Å²) >= 11 is 0. The summed E-state index contributed by atoms with van der Waals surface area (Å²) in [7, 11) is 0.483. The van der Waals surface area contributed by atoms with Crippen LogP contribution in [0, 0.1) is 5.82 Å². The molecule has 17 heavy (non-hydrogen) atoms. The summed E-state index contributed by atoms with van der Waals surface area (Å²) in [6.45, 7) is 1.71. The van der Waals surface area contributed by atoms with E-state index in [1.807, 2.05) is 0 Å². The number of piperidine rings is 1. The van der Waals surface area contributed by atoms with Crippen LogP contribution in [0.3, 0.4) is 0 Å². The summed E-state index contributed by atoms with van der Waals surface area (Å²) in [5.74, 6) is 0.0392. The second-order valence-electron chi connectivity index (χ2n) is 4.52. The molecule has 3 nitrogen and oxygen atoms in total. The maximum absolute atomic E-state index is 13.7. The Morgan fingerprint density at radius 1 is 1.41 bits per heavy atom. The number of nitrogens with two attached hydrogens (primary N) is 1. The number of anilines is 1. The van der Waals surface area contributed by atoms with Gasteiger partial charge in [-0.05, 0) is 49.5 Å². The third-order valence-electron chi connectivity index (χ3n) is 3.38. The maximum atomic E-state index is 13.7. The number of carbonyl (C=O) groups excluding carboxylic acids is 1. The minimum Gasteiger partial charge on any atom is -0.399 e. The van der Waals surface area contributed by atoms with Crippen molar-refractivity contribution in [2.75, 3.05) is 18.8 Å². The topological polar surface area (TPSA) is 46.3 Å². The first-order valence-corrected chi connectivity index (χ1v) is 5.91. The molecule has 1 aliphatic rings. The van der Waals surface area contributed by atoms with Crippen LogP contribution in [0.5, 0.6) is 0 Å². The van der Waals surface area contributed by atoms with Crippen LogP contribution in [0.2, 0.25) is 0 Å². The van der Waals surface area contributed by atoms with Gasteiger partial charge in [0.15, 0.2) is 0 Å². The number of hydrogen-bond acceptors (Lipinski definition) is 3. The monoisotopic (exact) mass is 234 g/mol. The molecule has 90 valence electrons. The van der Waals surface area contributed by atoms with Gasteiger partial charge in [0, 0.05) is 5.69 Å². The van der Waals surface area contributed by atoms with Gasteiger partial charge in [-0.25, -0.2) is 4.39 Å². The fourth-order valence-electron chi connectivity index (χ4n) is 2.41. The number of nitrogen functional groups attached to an aromatic ring is 1. The first-order chi connectivity index (χ1) is 8.20. The minimum absolute atomic E-state index is 0.209. The van der Waals surface area contributed by atoms with E-state index in [1.165, 1.54) is 6.07 Å². The summed E-state index contributed by atoms with van der Waals surface area (Å²) in [4.78, 5) is 12.5. The van der Waals surface area contributed by atoms with Crippen molar-refractivity contribution in [3.05, 3.63) is 29.6 Å². The molecule has 0 spiro atoms. The van der Waals surface area contributed by atoms with Gasteiger partial charge in [-0.15, -0.1) is 0 Å². The largest absolute Gasteiger partial charge is 0.399 e. The highest BCUT2D eigenvalue weighted by Crippen LogP contribution is 2.30. The molecular formula is C12H16BFN2O. The van der Waals surface area contributed by atoms with Crippen molar-refractivity contribution in [3.63, 3.8) is 0 Å². The zero-order valence-corrected chi connectivity index (χ0v) is 9.73. The summed E-state index contributed by atoms with van der Waals surface area (Å²) < 4.78 is 13.7. The molecule has 0 atom stereocenters. The summed E-state index contributed by atoms with van der Waals surface area (Å²) in [6.07, 6.45) is 2.72. The van der Waals surface area contributed by atoms with Crippen molar-refractivity contribution in [1.82, 2.24) is 4.81 Å². The molecular weight excluding hydrogens is 218 g/mol. The van der Waals surface area contributed by atoms with Gasteiger partial charge in [-0.2, -0.15) is 0 Å². The average molecular weight is 234 g/mol. The molecule has 1 aromatic rings. The van der Waals surface area contributed by atoms with Crippen LogP contribution in [-0.4, -0.2) is 31.5 Å². The minimum atomic E-state index is -0.209. The first kappa shape index (κ1) is 12.1. The smallest absolute Gasteiger partial charge is 0.281 e. The predicted molar refractivity (Wildman–Crippen MR) is 68.3 cm³/mol. The first-order valence-electron chi connectivity index (χ1n) is 5.91. The molecule has 0 amide bonds. The van der Waals surface area contributed by atoms with Crippen molar-refractivity contribution in [2.45, 2.75) is 18.8 Å². The lowest BCUT2D eigenvalue weighted by molar-refractivity contribution is 0.326. The Bertz CT molecular complexity index is 405. The molecule has 2 rings (SSSR count). The molecule has 0 aliphatic carbocycles. The van der Waals surface area contributed by atoms with Gasteiger partial charge in [0.1, 0.15) is 5.82 Å². The van der Waals surface area contributed by atoms with Crippen molar-refractivity contribution in [3.8, 4) is 0 Å². The number of carbonyl (C=O) groups is 1. The van der Waals surface area contributed by atoms with Gasteiger partial charge in [-0.3, -0.25) is 0 Å². The summed E-state index contributed by atoms with van der Waals surface area (Å²) in [6, 6.07) is 4.91. The maximum Gasteiger partial charge on any atom is 0.281 e. The lowest BCUT2D eigenvalue weighted by Crippen LogP contribution is -2.36. The molecule has 1 saturated heterocycles. The van der Waals surface area contributed by atoms with E-state index in [0.29, 0.717) is 13.1 Å². The zero-order chi connectivity index (χ0) is 12.3. The molecule has 0 unspecified atom stereocenters. The van der Waals surface area contributed by atoms with Gasteiger partial charge < -0.3 is 15.3 Å². The van der Waals surface area contributed by atoms with Crippen LogP contribution in [0.4, 0.5) is 10.1 Å². The van der Waals surface area contributed by atoms with Gasteiger partial charge in [-0.1, -0.05) is 6.07 Å². The Hall–Kier alpha value is -1.36. The van der Waals surface area contributed by atoms with E-state index >= 15 is 0 Å². The number of benzene rings is 1. The van der Waals surface area contributed by atoms with Crippen molar-refractivity contribution in [1.29, 1.82) is 0 Å². The molecule has 1 aliphatic heterocycles. The lowest BCUT2D eigenvalue weighted by atomic mass is 9.84. The van der Waals surface area contributed by atoms with E-state index in [0.717, 1.165) is 37.7 Å². The quantitative estimate of drug-likeness (QED) is 0.484. The third kappa shape index (κ3) is 2.85. The molecule has 0 aromatic heterocycles. The molecule has 0 saturated carbocycles. The molecule has 0 radical (unpaired) electrons. The van der Waals surface area contributed by atoms with Gasteiger partial charge >= 0.3 is 0 Å². The van der Waals surface area contributed by atoms with E-state index < -0.39 is 0 Å². The fraction of sp³-hybridized carbons (Fsp3) is 0.417.